The van der Waals surface area contributed by atoms with E-state index >= 15 is 0 Å². The SMILES string of the molecule is CCCn1nnnc1CSc1nc(C)cs1. The molecule has 0 aromatic carbocycles. The number of rotatable bonds is 5. The Morgan fingerprint density at radius 1 is 1.50 bits per heavy atom. The molecular formula is C9H13N5S2. The number of thioether (sulfide) groups is 1. The molecule has 0 saturated heterocycles. The van der Waals surface area contributed by atoms with Crippen LogP contribution in [0.1, 0.15) is 24.9 Å². The first-order valence-electron chi connectivity index (χ1n) is 5.09. The molecule has 7 heteroatoms. The zero-order valence-corrected chi connectivity index (χ0v) is 10.9. The Balaban J connectivity index is 1.96. The summed E-state index contributed by atoms with van der Waals surface area (Å²) in [7, 11) is 0. The van der Waals surface area contributed by atoms with E-state index in [1.165, 1.54) is 0 Å². The molecule has 0 N–H and O–H groups in total. The Labute approximate surface area is 102 Å². The van der Waals surface area contributed by atoms with E-state index < -0.39 is 0 Å². The van der Waals surface area contributed by atoms with Gasteiger partial charge in [-0.25, -0.2) is 9.67 Å². The average Bonchev–Trinajstić information content (AvgIpc) is 2.85. The smallest absolute Gasteiger partial charge is 0.161 e. The van der Waals surface area contributed by atoms with E-state index in [0.29, 0.717) is 0 Å². The summed E-state index contributed by atoms with van der Waals surface area (Å²) in [6, 6.07) is 0. The Kier molecular flexibility index (Phi) is 3.89. The van der Waals surface area contributed by atoms with Gasteiger partial charge >= 0.3 is 0 Å². The molecule has 2 aromatic rings. The van der Waals surface area contributed by atoms with E-state index in [-0.39, 0.29) is 0 Å². The van der Waals surface area contributed by atoms with E-state index in [9.17, 15) is 0 Å². The molecule has 0 unspecified atom stereocenters. The van der Waals surface area contributed by atoms with Crippen LogP contribution in [0.3, 0.4) is 0 Å². The van der Waals surface area contributed by atoms with E-state index in [4.69, 9.17) is 0 Å². The van der Waals surface area contributed by atoms with Gasteiger partial charge < -0.3 is 0 Å². The third-order valence-electron chi connectivity index (χ3n) is 1.96. The molecule has 2 aromatic heterocycles. The first-order valence-corrected chi connectivity index (χ1v) is 6.96. The van der Waals surface area contributed by atoms with Crippen LogP contribution in [0.15, 0.2) is 9.72 Å². The molecule has 0 bridgehead atoms. The van der Waals surface area contributed by atoms with E-state index in [0.717, 1.165) is 34.6 Å². The Hall–Kier alpha value is -0.950. The maximum absolute atomic E-state index is 4.39. The second kappa shape index (κ2) is 5.40. The summed E-state index contributed by atoms with van der Waals surface area (Å²) in [4.78, 5) is 4.39. The number of nitrogens with zero attached hydrogens (tertiary/aromatic N) is 5. The lowest BCUT2D eigenvalue weighted by molar-refractivity contribution is 0.564. The van der Waals surface area contributed by atoms with Crippen molar-refractivity contribution in [2.75, 3.05) is 0 Å². The number of aryl methyl sites for hydroxylation is 2. The Bertz CT molecular complexity index is 450. The zero-order chi connectivity index (χ0) is 11.4. The monoisotopic (exact) mass is 255 g/mol. The predicted octanol–water partition coefficient (Wildman–Crippen LogP) is 2.14. The number of aromatic nitrogens is 5. The molecule has 0 atom stereocenters. The fourth-order valence-corrected chi connectivity index (χ4v) is 3.02. The van der Waals surface area contributed by atoms with Gasteiger partial charge in [-0.05, 0) is 23.8 Å². The number of hydrogen-bond donors (Lipinski definition) is 0. The van der Waals surface area contributed by atoms with Gasteiger partial charge in [-0.3, -0.25) is 0 Å². The van der Waals surface area contributed by atoms with Gasteiger partial charge in [0.25, 0.3) is 0 Å². The van der Waals surface area contributed by atoms with E-state index in [1.54, 1.807) is 23.1 Å². The van der Waals surface area contributed by atoms with Gasteiger partial charge in [0.1, 0.15) is 0 Å². The fraction of sp³-hybridized carbons (Fsp3) is 0.556. The van der Waals surface area contributed by atoms with Crippen molar-refractivity contribution < 1.29 is 0 Å². The van der Waals surface area contributed by atoms with Crippen LogP contribution in [0, 0.1) is 6.92 Å². The molecule has 0 radical (unpaired) electrons. The highest BCUT2D eigenvalue weighted by Crippen LogP contribution is 2.24. The summed E-state index contributed by atoms with van der Waals surface area (Å²) in [6.07, 6.45) is 1.04. The maximum atomic E-state index is 4.39. The molecule has 0 aliphatic heterocycles. The van der Waals surface area contributed by atoms with Gasteiger partial charge in [-0.15, -0.1) is 16.4 Å². The maximum Gasteiger partial charge on any atom is 0.161 e. The minimum atomic E-state index is 0.778. The second-order valence-electron chi connectivity index (χ2n) is 3.36. The van der Waals surface area contributed by atoms with Crippen LogP contribution in [0.25, 0.3) is 0 Å². The normalized spacial score (nSPS) is 10.9. The van der Waals surface area contributed by atoms with Crippen LogP contribution in [0.2, 0.25) is 0 Å². The molecule has 16 heavy (non-hydrogen) atoms. The van der Waals surface area contributed by atoms with Crippen LogP contribution in [-0.4, -0.2) is 25.2 Å². The standard InChI is InChI=1S/C9H13N5S2/c1-3-4-14-8(11-12-13-14)6-16-9-10-7(2)5-15-9/h5H,3-4,6H2,1-2H3. The summed E-state index contributed by atoms with van der Waals surface area (Å²) in [6.45, 7) is 4.99. The van der Waals surface area contributed by atoms with Crippen LogP contribution in [0.5, 0.6) is 0 Å². The highest BCUT2D eigenvalue weighted by molar-refractivity contribution is 8.00. The predicted molar refractivity (Wildman–Crippen MR) is 64.5 cm³/mol. The zero-order valence-electron chi connectivity index (χ0n) is 9.25. The minimum absolute atomic E-state index is 0.778. The van der Waals surface area contributed by atoms with Crippen LogP contribution < -0.4 is 0 Å². The first kappa shape index (κ1) is 11.5. The van der Waals surface area contributed by atoms with E-state index in [2.05, 4.69) is 32.8 Å². The quantitative estimate of drug-likeness (QED) is 0.766. The molecule has 0 saturated carbocycles. The highest BCUT2D eigenvalue weighted by Gasteiger charge is 2.07. The largest absolute Gasteiger partial charge is 0.235 e. The molecule has 0 spiro atoms. The van der Waals surface area contributed by atoms with Gasteiger partial charge in [-0.2, -0.15) is 0 Å². The fourth-order valence-electron chi connectivity index (χ4n) is 1.24. The molecule has 0 fully saturated rings. The average molecular weight is 255 g/mol. The van der Waals surface area contributed by atoms with Gasteiger partial charge in [0.15, 0.2) is 10.2 Å². The van der Waals surface area contributed by atoms with Crippen molar-refractivity contribution in [1.29, 1.82) is 0 Å². The van der Waals surface area contributed by atoms with Gasteiger partial charge in [0.2, 0.25) is 0 Å². The van der Waals surface area contributed by atoms with Crippen molar-refractivity contribution in [1.82, 2.24) is 25.2 Å². The lowest BCUT2D eigenvalue weighted by Crippen LogP contribution is -2.04. The Morgan fingerprint density at radius 3 is 3.06 bits per heavy atom. The number of hydrogen-bond acceptors (Lipinski definition) is 6. The summed E-state index contributed by atoms with van der Waals surface area (Å²) in [5.74, 6) is 1.69. The van der Waals surface area contributed by atoms with Crippen molar-refractivity contribution in [2.24, 2.45) is 0 Å². The van der Waals surface area contributed by atoms with Crippen molar-refractivity contribution >= 4 is 23.1 Å². The molecule has 2 heterocycles. The van der Waals surface area contributed by atoms with Crippen molar-refractivity contribution in [3.63, 3.8) is 0 Å². The lowest BCUT2D eigenvalue weighted by Gasteiger charge is -2.00. The lowest BCUT2D eigenvalue weighted by atomic mass is 10.5. The number of thiazole rings is 1. The van der Waals surface area contributed by atoms with Gasteiger partial charge in [-0.1, -0.05) is 18.7 Å². The van der Waals surface area contributed by atoms with E-state index in [1.807, 2.05) is 11.6 Å². The highest BCUT2D eigenvalue weighted by atomic mass is 32.2. The topological polar surface area (TPSA) is 56.5 Å². The second-order valence-corrected chi connectivity index (χ2v) is 5.44. The van der Waals surface area contributed by atoms with Crippen LogP contribution in [-0.2, 0) is 12.3 Å². The molecule has 0 aliphatic carbocycles. The number of tetrazole rings is 1. The minimum Gasteiger partial charge on any atom is -0.235 e. The van der Waals surface area contributed by atoms with Crippen molar-refractivity contribution in [3.8, 4) is 0 Å². The molecule has 5 nitrogen and oxygen atoms in total. The summed E-state index contributed by atoms with van der Waals surface area (Å²) >= 11 is 3.35. The van der Waals surface area contributed by atoms with Crippen LogP contribution >= 0.6 is 23.1 Å². The molecular weight excluding hydrogens is 242 g/mol. The molecule has 0 aliphatic rings. The summed E-state index contributed by atoms with van der Waals surface area (Å²) in [5, 5.41) is 13.7. The summed E-state index contributed by atoms with van der Waals surface area (Å²) in [5.41, 5.74) is 1.07. The first-order chi connectivity index (χ1) is 7.79. The molecule has 86 valence electrons. The third kappa shape index (κ3) is 2.79. The van der Waals surface area contributed by atoms with Gasteiger partial charge in [0.05, 0.1) is 5.75 Å². The third-order valence-corrected chi connectivity index (χ3v) is 4.10. The van der Waals surface area contributed by atoms with Crippen LogP contribution in [0.4, 0.5) is 0 Å². The summed E-state index contributed by atoms with van der Waals surface area (Å²) < 4.78 is 2.93. The molecule has 2 rings (SSSR count). The van der Waals surface area contributed by atoms with Gasteiger partial charge in [0, 0.05) is 17.6 Å². The van der Waals surface area contributed by atoms with Crippen molar-refractivity contribution in [3.05, 3.63) is 16.9 Å². The van der Waals surface area contributed by atoms with Crippen molar-refractivity contribution in [2.45, 2.75) is 36.9 Å². The molecule has 0 amide bonds. The Morgan fingerprint density at radius 2 is 2.38 bits per heavy atom.